The summed E-state index contributed by atoms with van der Waals surface area (Å²) in [7, 11) is 0. The normalized spacial score (nSPS) is 10.3. The number of hydrogen-bond donors (Lipinski definition) is 2. The largest absolute Gasteiger partial charge is 0.490 e. The number of amides is 1. The van der Waals surface area contributed by atoms with Gasteiger partial charge in [-0.25, -0.2) is 0 Å². The minimum atomic E-state index is -0.0968. The molecular weight excluding hydrogens is 352 g/mol. The minimum Gasteiger partial charge on any atom is -0.490 e. The molecule has 0 heterocycles. The quantitative estimate of drug-likeness (QED) is 0.527. The van der Waals surface area contributed by atoms with Gasteiger partial charge in [-0.05, 0) is 29.8 Å². The van der Waals surface area contributed by atoms with E-state index >= 15 is 0 Å². The Labute approximate surface area is 165 Å². The van der Waals surface area contributed by atoms with Gasteiger partial charge in [0, 0.05) is 18.3 Å². The predicted molar refractivity (Wildman–Crippen MR) is 111 cm³/mol. The van der Waals surface area contributed by atoms with Gasteiger partial charge in [0.2, 0.25) is 5.91 Å². The van der Waals surface area contributed by atoms with E-state index in [0.717, 1.165) is 11.3 Å². The lowest BCUT2D eigenvalue weighted by Crippen LogP contribution is -2.27. The highest BCUT2D eigenvalue weighted by molar-refractivity contribution is 5.92. The molecule has 3 aromatic rings. The zero-order chi connectivity index (χ0) is 19.4. The average molecular weight is 376 g/mol. The first-order valence-electron chi connectivity index (χ1n) is 9.25. The van der Waals surface area contributed by atoms with E-state index in [9.17, 15) is 4.79 Å². The third-order valence-corrected chi connectivity index (χ3v) is 3.94. The first-order chi connectivity index (χ1) is 13.8. The van der Waals surface area contributed by atoms with E-state index in [2.05, 4.69) is 10.6 Å². The van der Waals surface area contributed by atoms with E-state index in [0.29, 0.717) is 31.2 Å². The fraction of sp³-hybridized carbons (Fsp3) is 0.174. The highest BCUT2D eigenvalue weighted by atomic mass is 16.5. The third kappa shape index (κ3) is 6.78. The van der Waals surface area contributed by atoms with Crippen LogP contribution in [-0.4, -0.2) is 25.7 Å². The Balaban J connectivity index is 1.38. The molecule has 5 nitrogen and oxygen atoms in total. The average Bonchev–Trinajstić information content (AvgIpc) is 2.73. The summed E-state index contributed by atoms with van der Waals surface area (Å²) >= 11 is 0. The van der Waals surface area contributed by atoms with E-state index in [1.807, 2.05) is 78.9 Å². The number of benzene rings is 3. The van der Waals surface area contributed by atoms with Crippen LogP contribution in [0.25, 0.3) is 0 Å². The summed E-state index contributed by atoms with van der Waals surface area (Å²) in [5.41, 5.74) is 1.84. The first-order valence-corrected chi connectivity index (χ1v) is 9.25. The SMILES string of the molecule is O=C(CNCc1ccccc1)Nc1cccc(OCCOc2ccccc2)c1. The lowest BCUT2D eigenvalue weighted by atomic mass is 10.2. The zero-order valence-electron chi connectivity index (χ0n) is 15.6. The highest BCUT2D eigenvalue weighted by Crippen LogP contribution is 2.17. The lowest BCUT2D eigenvalue weighted by molar-refractivity contribution is -0.115. The van der Waals surface area contributed by atoms with Crippen molar-refractivity contribution < 1.29 is 14.3 Å². The smallest absolute Gasteiger partial charge is 0.238 e. The second-order valence-electron chi connectivity index (χ2n) is 6.18. The van der Waals surface area contributed by atoms with Crippen molar-refractivity contribution in [1.29, 1.82) is 0 Å². The van der Waals surface area contributed by atoms with Crippen molar-refractivity contribution in [3.05, 3.63) is 90.5 Å². The second kappa shape index (κ2) is 10.7. The van der Waals surface area contributed by atoms with Crippen LogP contribution in [0.15, 0.2) is 84.9 Å². The molecule has 0 unspecified atom stereocenters. The van der Waals surface area contributed by atoms with Gasteiger partial charge in [-0.2, -0.15) is 0 Å². The summed E-state index contributed by atoms with van der Waals surface area (Å²) in [6, 6.07) is 26.9. The van der Waals surface area contributed by atoms with Gasteiger partial charge in [0.25, 0.3) is 0 Å². The summed E-state index contributed by atoms with van der Waals surface area (Å²) in [5.74, 6) is 1.40. The van der Waals surface area contributed by atoms with Gasteiger partial charge < -0.3 is 20.1 Å². The molecule has 0 atom stereocenters. The molecule has 0 aromatic heterocycles. The molecule has 3 rings (SSSR count). The Hall–Kier alpha value is -3.31. The summed E-state index contributed by atoms with van der Waals surface area (Å²) < 4.78 is 11.3. The van der Waals surface area contributed by atoms with E-state index in [-0.39, 0.29) is 12.5 Å². The maximum Gasteiger partial charge on any atom is 0.238 e. The van der Waals surface area contributed by atoms with Crippen molar-refractivity contribution in [2.75, 3.05) is 25.1 Å². The Morgan fingerprint density at radius 3 is 2.14 bits per heavy atom. The van der Waals surface area contributed by atoms with Gasteiger partial charge in [-0.15, -0.1) is 0 Å². The van der Waals surface area contributed by atoms with Crippen LogP contribution in [0, 0.1) is 0 Å². The van der Waals surface area contributed by atoms with Gasteiger partial charge >= 0.3 is 0 Å². The Morgan fingerprint density at radius 2 is 1.39 bits per heavy atom. The van der Waals surface area contributed by atoms with Crippen LogP contribution in [0.2, 0.25) is 0 Å². The number of carbonyl (C=O) groups excluding carboxylic acids is 1. The van der Waals surface area contributed by atoms with Crippen LogP contribution in [0.5, 0.6) is 11.5 Å². The fourth-order valence-electron chi connectivity index (χ4n) is 2.62. The molecule has 0 saturated carbocycles. The predicted octanol–water partition coefficient (Wildman–Crippen LogP) is 3.87. The summed E-state index contributed by atoms with van der Waals surface area (Å²) in [6.07, 6.45) is 0. The monoisotopic (exact) mass is 376 g/mol. The number of ether oxygens (including phenoxy) is 2. The van der Waals surface area contributed by atoms with Crippen molar-refractivity contribution in [2.45, 2.75) is 6.54 Å². The first kappa shape index (κ1) is 19.5. The lowest BCUT2D eigenvalue weighted by Gasteiger charge is -2.10. The molecule has 2 N–H and O–H groups in total. The molecule has 0 radical (unpaired) electrons. The molecule has 0 aliphatic heterocycles. The van der Waals surface area contributed by atoms with Crippen LogP contribution in [-0.2, 0) is 11.3 Å². The van der Waals surface area contributed by atoms with E-state index in [1.54, 1.807) is 6.07 Å². The van der Waals surface area contributed by atoms with Crippen LogP contribution in [0.3, 0.4) is 0 Å². The molecule has 28 heavy (non-hydrogen) atoms. The molecule has 0 saturated heterocycles. The number of hydrogen-bond acceptors (Lipinski definition) is 4. The zero-order valence-corrected chi connectivity index (χ0v) is 15.6. The van der Waals surface area contributed by atoms with Crippen LogP contribution < -0.4 is 20.1 Å². The molecule has 0 aliphatic rings. The maximum absolute atomic E-state index is 12.1. The number of para-hydroxylation sites is 1. The van der Waals surface area contributed by atoms with Crippen molar-refractivity contribution >= 4 is 11.6 Å². The van der Waals surface area contributed by atoms with Crippen LogP contribution in [0.4, 0.5) is 5.69 Å². The van der Waals surface area contributed by atoms with Crippen molar-refractivity contribution in [3.63, 3.8) is 0 Å². The number of anilines is 1. The van der Waals surface area contributed by atoms with Gasteiger partial charge in [-0.3, -0.25) is 4.79 Å². The molecule has 1 amide bonds. The van der Waals surface area contributed by atoms with Gasteiger partial charge in [-0.1, -0.05) is 54.6 Å². The third-order valence-electron chi connectivity index (χ3n) is 3.94. The summed E-state index contributed by atoms with van der Waals surface area (Å²) in [6.45, 7) is 1.76. The maximum atomic E-state index is 12.1. The van der Waals surface area contributed by atoms with Crippen LogP contribution in [0.1, 0.15) is 5.56 Å². The topological polar surface area (TPSA) is 59.6 Å². The van der Waals surface area contributed by atoms with Crippen LogP contribution >= 0.6 is 0 Å². The van der Waals surface area contributed by atoms with Gasteiger partial charge in [0.05, 0.1) is 6.54 Å². The van der Waals surface area contributed by atoms with Crippen molar-refractivity contribution in [3.8, 4) is 11.5 Å². The molecular formula is C23H24N2O3. The molecule has 0 bridgehead atoms. The summed E-state index contributed by atoms with van der Waals surface area (Å²) in [4.78, 5) is 12.1. The van der Waals surface area contributed by atoms with Crippen molar-refractivity contribution in [1.82, 2.24) is 5.32 Å². The Bertz CT molecular complexity index is 854. The number of nitrogens with one attached hydrogen (secondary N) is 2. The fourth-order valence-corrected chi connectivity index (χ4v) is 2.62. The second-order valence-corrected chi connectivity index (χ2v) is 6.18. The van der Waals surface area contributed by atoms with E-state index in [4.69, 9.17) is 9.47 Å². The number of rotatable bonds is 10. The molecule has 3 aromatic carbocycles. The highest BCUT2D eigenvalue weighted by Gasteiger charge is 2.04. The van der Waals surface area contributed by atoms with E-state index < -0.39 is 0 Å². The minimum absolute atomic E-state index is 0.0968. The molecule has 0 fully saturated rings. The summed E-state index contributed by atoms with van der Waals surface area (Å²) in [5, 5.41) is 6.01. The standard InChI is InChI=1S/C23H24N2O3/c26-23(18-24-17-19-8-3-1-4-9-19)25-20-10-7-13-22(16-20)28-15-14-27-21-11-5-2-6-12-21/h1-13,16,24H,14-15,17-18H2,(H,25,26). The number of carbonyl (C=O) groups is 1. The molecule has 5 heteroatoms. The van der Waals surface area contributed by atoms with Crippen molar-refractivity contribution in [2.24, 2.45) is 0 Å². The van der Waals surface area contributed by atoms with E-state index in [1.165, 1.54) is 0 Å². The van der Waals surface area contributed by atoms with Gasteiger partial charge in [0.15, 0.2) is 0 Å². The molecule has 144 valence electrons. The molecule has 0 aliphatic carbocycles. The Morgan fingerprint density at radius 1 is 0.750 bits per heavy atom. The molecule has 0 spiro atoms. The van der Waals surface area contributed by atoms with Gasteiger partial charge in [0.1, 0.15) is 24.7 Å². The Kier molecular flexibility index (Phi) is 7.46.